The van der Waals surface area contributed by atoms with Crippen molar-refractivity contribution in [2.24, 2.45) is 11.8 Å². The van der Waals surface area contributed by atoms with Gasteiger partial charge in [0.1, 0.15) is 0 Å². The Kier molecular flexibility index (Phi) is 5.38. The average Bonchev–Trinajstić information content (AvgIpc) is 2.61. The molecule has 4 N–H and O–H groups in total. The van der Waals surface area contributed by atoms with Gasteiger partial charge < -0.3 is 14.6 Å². The molecule has 0 bridgehead atoms. The van der Waals surface area contributed by atoms with Crippen molar-refractivity contribution in [3.63, 3.8) is 0 Å². The van der Waals surface area contributed by atoms with Crippen LogP contribution in [0.4, 0.5) is 0 Å². The zero-order valence-electron chi connectivity index (χ0n) is 13.9. The number of hydrogen-bond donors (Lipinski definition) is 2. The molecular weight excluding hydrogens is 310 g/mol. The minimum absolute atomic E-state index is 0.0408. The fourth-order valence-electron chi connectivity index (χ4n) is 3.01. The fraction of sp³-hybridized carbons (Fsp3) is 0.294. The first-order valence-electron chi connectivity index (χ1n) is 7.42. The number of nitrogens with two attached hydrogens (primary N) is 2. The van der Waals surface area contributed by atoms with E-state index in [4.69, 9.17) is 11.8 Å². The lowest BCUT2D eigenvalue weighted by Crippen LogP contribution is -2.32. The molecule has 0 saturated carbocycles. The van der Waals surface area contributed by atoms with Crippen LogP contribution >= 0.6 is 0 Å². The Morgan fingerprint density at radius 1 is 1.08 bits per heavy atom. The first-order valence-corrected chi connectivity index (χ1v) is 7.42. The summed E-state index contributed by atoms with van der Waals surface area (Å²) in [5.41, 5.74) is 3.51. The van der Waals surface area contributed by atoms with Gasteiger partial charge in [-0.25, -0.2) is 4.79 Å². The third-order valence-corrected chi connectivity index (χ3v) is 4.42. The van der Waals surface area contributed by atoms with Crippen LogP contribution in [0.25, 0.3) is 0 Å². The lowest BCUT2D eigenvalue weighted by molar-refractivity contribution is -0.144. The Labute approximate surface area is 140 Å². The van der Waals surface area contributed by atoms with Crippen molar-refractivity contribution in [2.45, 2.75) is 26.2 Å². The summed E-state index contributed by atoms with van der Waals surface area (Å²) in [6, 6.07) is 9.37. The van der Waals surface area contributed by atoms with E-state index in [-0.39, 0.29) is 6.42 Å². The van der Waals surface area contributed by atoms with Crippen molar-refractivity contribution in [2.75, 3.05) is 7.05 Å². The number of rotatable bonds is 4. The zero-order valence-corrected chi connectivity index (χ0v) is 13.9. The van der Waals surface area contributed by atoms with Crippen molar-refractivity contribution >= 4 is 11.9 Å². The number of allylic oxidation sites excluding steroid dienone is 2. The lowest BCUT2D eigenvalue weighted by Gasteiger charge is -2.36. The molecule has 0 spiro atoms. The molecule has 1 atom stereocenters. The van der Waals surface area contributed by atoms with Gasteiger partial charge in [0.15, 0.2) is 0 Å². The van der Waals surface area contributed by atoms with Crippen molar-refractivity contribution in [3.8, 4) is 0 Å². The minimum Gasteiger partial charge on any atom is -0.373 e. The molecule has 7 nitrogen and oxygen atoms in total. The average molecular weight is 331 g/mol. The van der Waals surface area contributed by atoms with E-state index in [0.717, 1.165) is 11.3 Å². The summed E-state index contributed by atoms with van der Waals surface area (Å²) in [7, 11) is 1.81. The summed E-state index contributed by atoms with van der Waals surface area (Å²) in [5, 5.41) is 0. The van der Waals surface area contributed by atoms with Gasteiger partial charge in [-0.2, -0.15) is 11.8 Å². The van der Waals surface area contributed by atoms with Crippen LogP contribution in [0.2, 0.25) is 0 Å². The van der Waals surface area contributed by atoms with Crippen molar-refractivity contribution in [3.05, 3.63) is 58.4 Å². The second-order valence-electron chi connectivity index (χ2n) is 5.58. The molecule has 1 heterocycles. The van der Waals surface area contributed by atoms with Gasteiger partial charge in [-0.3, -0.25) is 4.79 Å². The van der Waals surface area contributed by atoms with Crippen molar-refractivity contribution in [1.82, 2.24) is 4.90 Å². The number of hydrogen-bond acceptors (Lipinski definition) is 7. The molecule has 1 aromatic carbocycles. The van der Waals surface area contributed by atoms with E-state index in [1.165, 1.54) is 0 Å². The topological polar surface area (TPSA) is 108 Å². The number of carbonyl (C=O) groups excluding carboxylic acids is 2. The Morgan fingerprint density at radius 2 is 1.71 bits per heavy atom. The van der Waals surface area contributed by atoms with Gasteiger partial charge in [0, 0.05) is 24.4 Å². The third-order valence-electron chi connectivity index (χ3n) is 4.42. The van der Waals surface area contributed by atoms with Gasteiger partial charge in [-0.15, -0.1) is 0 Å². The summed E-state index contributed by atoms with van der Waals surface area (Å²) in [6.07, 6.45) is -0.0408. The van der Waals surface area contributed by atoms with E-state index < -0.39 is 17.9 Å². The molecule has 0 radical (unpaired) electrons. The van der Waals surface area contributed by atoms with Crippen molar-refractivity contribution < 1.29 is 19.3 Å². The van der Waals surface area contributed by atoms with Crippen LogP contribution in [0.3, 0.4) is 0 Å². The van der Waals surface area contributed by atoms with Gasteiger partial charge in [0.2, 0.25) is 0 Å². The highest BCUT2D eigenvalue weighted by atomic mass is 16.7. The number of benzene rings is 1. The first-order chi connectivity index (χ1) is 11.4. The van der Waals surface area contributed by atoms with Crippen LogP contribution in [0.1, 0.15) is 31.7 Å². The Bertz CT molecular complexity index is 710. The van der Waals surface area contributed by atoms with E-state index in [9.17, 15) is 9.59 Å². The molecule has 128 valence electrons. The van der Waals surface area contributed by atoms with Crippen LogP contribution in [0, 0.1) is 0 Å². The predicted molar refractivity (Wildman–Crippen MR) is 87.5 cm³/mol. The van der Waals surface area contributed by atoms with Crippen LogP contribution in [-0.2, 0) is 19.3 Å². The molecule has 1 unspecified atom stereocenters. The predicted octanol–water partition coefficient (Wildman–Crippen LogP) is 1.49. The number of carbonyl (C=O) groups is 2. The van der Waals surface area contributed by atoms with E-state index in [1.54, 1.807) is 0 Å². The minimum atomic E-state index is -0.640. The van der Waals surface area contributed by atoms with Crippen LogP contribution < -0.4 is 11.8 Å². The second-order valence-corrected chi connectivity index (χ2v) is 5.58. The largest absolute Gasteiger partial charge is 0.373 e. The Morgan fingerprint density at radius 3 is 2.25 bits per heavy atom. The molecule has 1 aromatic rings. The van der Waals surface area contributed by atoms with E-state index in [1.807, 2.05) is 56.1 Å². The molecule has 0 aromatic heterocycles. The van der Waals surface area contributed by atoms with Crippen LogP contribution in [0.15, 0.2) is 52.9 Å². The molecular formula is C17H21N3O4. The summed E-state index contributed by atoms with van der Waals surface area (Å²) in [5.74, 6) is 8.44. The SMILES string of the molecule is CC1=C(CC(=O)ON)C(c2ccccc2)C(C(=O)ON)=C(C)N1C. The highest BCUT2D eigenvalue weighted by Crippen LogP contribution is 2.42. The van der Waals surface area contributed by atoms with Crippen LogP contribution in [-0.4, -0.2) is 23.9 Å². The highest BCUT2D eigenvalue weighted by Gasteiger charge is 2.36. The molecule has 0 aliphatic carbocycles. The van der Waals surface area contributed by atoms with Crippen molar-refractivity contribution in [1.29, 1.82) is 0 Å². The standard InChI is InChI=1S/C17H21N3O4/c1-10-13(9-14(21)23-18)16(12-7-5-4-6-8-12)15(17(22)24-19)11(2)20(10)3/h4-8,16H,9,18-19H2,1-3H3. The summed E-state index contributed by atoms with van der Waals surface area (Å²) >= 11 is 0. The molecule has 7 heteroatoms. The third kappa shape index (κ3) is 3.17. The molecule has 1 aliphatic heterocycles. The molecule has 0 amide bonds. The second kappa shape index (κ2) is 7.29. The van der Waals surface area contributed by atoms with Gasteiger partial charge >= 0.3 is 11.9 Å². The lowest BCUT2D eigenvalue weighted by atomic mass is 9.78. The normalized spacial score (nSPS) is 17.9. The van der Waals surface area contributed by atoms with Gasteiger partial charge in [0.25, 0.3) is 0 Å². The monoisotopic (exact) mass is 331 g/mol. The van der Waals surface area contributed by atoms with Gasteiger partial charge in [-0.05, 0) is 25.0 Å². The smallest absolute Gasteiger partial charge is 0.355 e. The van der Waals surface area contributed by atoms with Gasteiger partial charge in [-0.1, -0.05) is 30.3 Å². The highest BCUT2D eigenvalue weighted by molar-refractivity contribution is 5.93. The molecule has 1 aliphatic rings. The summed E-state index contributed by atoms with van der Waals surface area (Å²) in [6.45, 7) is 3.69. The maximum atomic E-state index is 12.3. The quantitative estimate of drug-likeness (QED) is 0.805. The first kappa shape index (κ1) is 17.7. The summed E-state index contributed by atoms with van der Waals surface area (Å²) < 4.78 is 0. The number of nitrogens with zero attached hydrogens (tertiary/aromatic N) is 1. The molecule has 0 saturated heterocycles. The maximum absolute atomic E-state index is 12.3. The maximum Gasteiger partial charge on any atom is 0.355 e. The van der Waals surface area contributed by atoms with E-state index >= 15 is 0 Å². The molecule has 0 fully saturated rings. The molecule has 2 rings (SSSR count). The van der Waals surface area contributed by atoms with E-state index in [2.05, 4.69) is 9.68 Å². The van der Waals surface area contributed by atoms with E-state index in [0.29, 0.717) is 16.8 Å². The fourth-order valence-corrected chi connectivity index (χ4v) is 3.01. The van der Waals surface area contributed by atoms with Gasteiger partial charge in [0.05, 0.1) is 12.0 Å². The zero-order chi connectivity index (χ0) is 17.9. The molecule has 24 heavy (non-hydrogen) atoms. The summed E-state index contributed by atoms with van der Waals surface area (Å²) in [4.78, 5) is 34.7. The Balaban J connectivity index is 2.65. The Hall–Kier alpha value is -2.64. The van der Waals surface area contributed by atoms with Crippen LogP contribution in [0.5, 0.6) is 0 Å².